The molecule has 0 aliphatic heterocycles. The van der Waals surface area contributed by atoms with Gasteiger partial charge in [-0.2, -0.15) is 0 Å². The van der Waals surface area contributed by atoms with Gasteiger partial charge in [0.1, 0.15) is 17.3 Å². The summed E-state index contributed by atoms with van der Waals surface area (Å²) in [7, 11) is 0. The fraction of sp³-hybridized carbons (Fsp3) is 0. The van der Waals surface area contributed by atoms with Crippen LogP contribution in [0.2, 0.25) is 0 Å². The summed E-state index contributed by atoms with van der Waals surface area (Å²) in [6.45, 7) is 0. The Balaban J connectivity index is 1.41. The molecule has 2 N–H and O–H groups in total. The highest BCUT2D eigenvalue weighted by Gasteiger charge is 2.08. The first-order valence-electron chi connectivity index (χ1n) is 9.28. The van der Waals surface area contributed by atoms with Crippen LogP contribution in [0, 0.1) is 5.82 Å². The number of pyridine rings is 1. The van der Waals surface area contributed by atoms with Gasteiger partial charge in [0, 0.05) is 17.6 Å². The van der Waals surface area contributed by atoms with Gasteiger partial charge in [0.2, 0.25) is 0 Å². The number of hydrogen-bond acceptors (Lipinski definition) is 4. The highest BCUT2D eigenvalue weighted by Crippen LogP contribution is 2.23. The summed E-state index contributed by atoms with van der Waals surface area (Å²) in [5.41, 5.74) is 2.16. The van der Waals surface area contributed by atoms with Crippen molar-refractivity contribution < 1.29 is 13.9 Å². The molecule has 30 heavy (non-hydrogen) atoms. The molecule has 0 radical (unpaired) electrons. The van der Waals surface area contributed by atoms with Crippen molar-refractivity contribution in [1.82, 2.24) is 4.98 Å². The van der Waals surface area contributed by atoms with Crippen LogP contribution in [-0.4, -0.2) is 10.9 Å². The van der Waals surface area contributed by atoms with Crippen molar-refractivity contribution >= 4 is 23.0 Å². The van der Waals surface area contributed by atoms with Gasteiger partial charge < -0.3 is 15.4 Å². The van der Waals surface area contributed by atoms with Crippen molar-refractivity contribution in [2.75, 3.05) is 10.6 Å². The Morgan fingerprint density at radius 2 is 1.53 bits per heavy atom. The number of para-hydroxylation sites is 1. The Kier molecular flexibility index (Phi) is 5.66. The molecule has 3 aromatic carbocycles. The Morgan fingerprint density at radius 3 is 2.30 bits per heavy atom. The Morgan fingerprint density at radius 1 is 0.767 bits per heavy atom. The Labute approximate surface area is 173 Å². The van der Waals surface area contributed by atoms with Crippen LogP contribution in [0.5, 0.6) is 11.5 Å². The second-order valence-electron chi connectivity index (χ2n) is 6.49. The summed E-state index contributed by atoms with van der Waals surface area (Å²) in [5, 5.41) is 5.86. The second kappa shape index (κ2) is 8.87. The second-order valence-corrected chi connectivity index (χ2v) is 6.49. The molecular weight excluding hydrogens is 381 g/mol. The largest absolute Gasteiger partial charge is 0.457 e. The molecule has 0 saturated carbocycles. The standard InChI is InChI=1S/C24H18FN3O2/c25-18-5-4-6-20(14-18)27-21-13-17(15-26-16-21)24(29)28-19-9-11-23(12-10-19)30-22-7-2-1-3-8-22/h1-16,27H,(H,28,29). The van der Waals surface area contributed by atoms with E-state index in [9.17, 15) is 9.18 Å². The predicted molar refractivity (Wildman–Crippen MR) is 115 cm³/mol. The number of rotatable bonds is 6. The van der Waals surface area contributed by atoms with Crippen LogP contribution >= 0.6 is 0 Å². The number of hydrogen-bond donors (Lipinski definition) is 2. The zero-order valence-electron chi connectivity index (χ0n) is 15.9. The number of aromatic nitrogens is 1. The highest BCUT2D eigenvalue weighted by atomic mass is 19.1. The normalized spacial score (nSPS) is 10.3. The number of halogens is 1. The Hall–Kier alpha value is -4.19. The number of carbonyl (C=O) groups is 1. The molecule has 0 spiro atoms. The third-order valence-electron chi connectivity index (χ3n) is 4.20. The molecule has 5 nitrogen and oxygen atoms in total. The molecular formula is C24H18FN3O2. The van der Waals surface area contributed by atoms with Crippen molar-refractivity contribution in [3.05, 3.63) is 109 Å². The lowest BCUT2D eigenvalue weighted by Gasteiger charge is -2.10. The minimum atomic E-state index is -0.346. The molecule has 0 unspecified atom stereocenters. The van der Waals surface area contributed by atoms with E-state index in [1.807, 2.05) is 30.3 Å². The molecule has 0 atom stereocenters. The van der Waals surface area contributed by atoms with Crippen LogP contribution < -0.4 is 15.4 Å². The molecule has 1 heterocycles. The van der Waals surface area contributed by atoms with E-state index in [0.717, 1.165) is 5.75 Å². The first kappa shape index (κ1) is 19.1. The average molecular weight is 399 g/mol. The fourth-order valence-corrected chi connectivity index (χ4v) is 2.80. The summed E-state index contributed by atoms with van der Waals surface area (Å²) < 4.78 is 19.1. The van der Waals surface area contributed by atoms with E-state index in [4.69, 9.17) is 4.74 Å². The summed E-state index contributed by atoms with van der Waals surface area (Å²) in [6.07, 6.45) is 3.04. The van der Waals surface area contributed by atoms with Gasteiger partial charge in [0.15, 0.2) is 0 Å². The molecule has 1 aromatic heterocycles. The van der Waals surface area contributed by atoms with E-state index in [-0.39, 0.29) is 11.7 Å². The van der Waals surface area contributed by atoms with Crippen molar-refractivity contribution in [2.24, 2.45) is 0 Å². The van der Waals surface area contributed by atoms with Gasteiger partial charge in [-0.05, 0) is 60.7 Å². The number of nitrogens with zero attached hydrogens (tertiary/aromatic N) is 1. The maximum absolute atomic E-state index is 13.3. The number of benzene rings is 3. The number of ether oxygens (including phenoxy) is 1. The minimum Gasteiger partial charge on any atom is -0.457 e. The van der Waals surface area contributed by atoms with E-state index in [0.29, 0.717) is 28.4 Å². The van der Waals surface area contributed by atoms with E-state index in [1.54, 1.807) is 48.7 Å². The molecule has 0 fully saturated rings. The first-order chi connectivity index (χ1) is 14.7. The minimum absolute atomic E-state index is 0.304. The molecule has 0 aliphatic carbocycles. The summed E-state index contributed by atoms with van der Waals surface area (Å²) in [5.74, 6) is 0.758. The smallest absolute Gasteiger partial charge is 0.257 e. The lowest BCUT2D eigenvalue weighted by Crippen LogP contribution is -2.12. The maximum Gasteiger partial charge on any atom is 0.257 e. The van der Waals surface area contributed by atoms with Crippen LogP contribution in [-0.2, 0) is 0 Å². The molecule has 4 aromatic rings. The maximum atomic E-state index is 13.3. The Bertz CT molecular complexity index is 1150. The summed E-state index contributed by atoms with van der Waals surface area (Å²) >= 11 is 0. The van der Waals surface area contributed by atoms with Gasteiger partial charge >= 0.3 is 0 Å². The topological polar surface area (TPSA) is 63.2 Å². The molecule has 4 rings (SSSR count). The number of anilines is 3. The quantitative estimate of drug-likeness (QED) is 0.417. The van der Waals surface area contributed by atoms with Gasteiger partial charge in [0.25, 0.3) is 5.91 Å². The van der Waals surface area contributed by atoms with Crippen LogP contribution in [0.1, 0.15) is 10.4 Å². The van der Waals surface area contributed by atoms with E-state index < -0.39 is 0 Å². The van der Waals surface area contributed by atoms with Crippen LogP contribution in [0.3, 0.4) is 0 Å². The third-order valence-corrected chi connectivity index (χ3v) is 4.20. The van der Waals surface area contributed by atoms with E-state index >= 15 is 0 Å². The summed E-state index contributed by atoms with van der Waals surface area (Å²) in [6, 6.07) is 24.3. The predicted octanol–water partition coefficient (Wildman–Crippen LogP) is 6.01. The fourth-order valence-electron chi connectivity index (χ4n) is 2.80. The highest BCUT2D eigenvalue weighted by molar-refractivity contribution is 6.04. The lowest BCUT2D eigenvalue weighted by molar-refractivity contribution is 0.102. The summed E-state index contributed by atoms with van der Waals surface area (Å²) in [4.78, 5) is 16.7. The number of carbonyl (C=O) groups excluding carboxylic acids is 1. The lowest BCUT2D eigenvalue weighted by atomic mass is 10.2. The van der Waals surface area contributed by atoms with Crippen LogP contribution in [0.25, 0.3) is 0 Å². The first-order valence-corrected chi connectivity index (χ1v) is 9.28. The van der Waals surface area contributed by atoms with Gasteiger partial charge in [-0.1, -0.05) is 24.3 Å². The van der Waals surface area contributed by atoms with Gasteiger partial charge in [-0.3, -0.25) is 9.78 Å². The van der Waals surface area contributed by atoms with Crippen LogP contribution in [0.15, 0.2) is 97.3 Å². The van der Waals surface area contributed by atoms with Crippen molar-refractivity contribution in [3.8, 4) is 11.5 Å². The molecule has 148 valence electrons. The van der Waals surface area contributed by atoms with Gasteiger partial charge in [0.05, 0.1) is 17.4 Å². The third kappa shape index (κ3) is 4.99. The molecule has 0 bridgehead atoms. The van der Waals surface area contributed by atoms with Gasteiger partial charge in [-0.25, -0.2) is 4.39 Å². The molecule has 1 amide bonds. The molecule has 0 saturated heterocycles. The number of nitrogens with one attached hydrogen (secondary N) is 2. The average Bonchev–Trinajstić information content (AvgIpc) is 2.76. The van der Waals surface area contributed by atoms with E-state index in [1.165, 1.54) is 18.3 Å². The molecule has 6 heteroatoms. The number of amides is 1. The van der Waals surface area contributed by atoms with Gasteiger partial charge in [-0.15, -0.1) is 0 Å². The monoisotopic (exact) mass is 399 g/mol. The van der Waals surface area contributed by atoms with Crippen molar-refractivity contribution in [3.63, 3.8) is 0 Å². The SMILES string of the molecule is O=C(Nc1ccc(Oc2ccccc2)cc1)c1cncc(Nc2cccc(F)c2)c1. The van der Waals surface area contributed by atoms with E-state index in [2.05, 4.69) is 15.6 Å². The van der Waals surface area contributed by atoms with Crippen molar-refractivity contribution in [2.45, 2.75) is 0 Å². The zero-order chi connectivity index (χ0) is 20.8. The van der Waals surface area contributed by atoms with Crippen LogP contribution in [0.4, 0.5) is 21.5 Å². The molecule has 0 aliphatic rings. The zero-order valence-corrected chi connectivity index (χ0v) is 15.9. The van der Waals surface area contributed by atoms with Crippen molar-refractivity contribution in [1.29, 1.82) is 0 Å².